The number of anilines is 1. The molecule has 0 heterocycles. The number of urea groups is 1. The molecule has 2 N–H and O–H groups in total. The van der Waals surface area contributed by atoms with Gasteiger partial charge in [-0.2, -0.15) is 0 Å². The smallest absolute Gasteiger partial charge is 0.322 e. The Labute approximate surface area is 99.0 Å². The van der Waals surface area contributed by atoms with Gasteiger partial charge in [0.2, 0.25) is 0 Å². The van der Waals surface area contributed by atoms with E-state index in [4.69, 9.17) is 5.11 Å². The van der Waals surface area contributed by atoms with Crippen molar-refractivity contribution in [2.45, 2.75) is 18.9 Å². The van der Waals surface area contributed by atoms with Gasteiger partial charge in [0.15, 0.2) is 0 Å². The number of hydrogen-bond acceptors (Lipinski definition) is 2. The molecule has 17 heavy (non-hydrogen) atoms. The lowest BCUT2D eigenvalue weighted by molar-refractivity contribution is 0.185. The highest BCUT2D eigenvalue weighted by atomic mass is 19.1. The average Bonchev–Trinajstić information content (AvgIpc) is 3.09. The first-order valence-corrected chi connectivity index (χ1v) is 5.65. The van der Waals surface area contributed by atoms with E-state index in [0.717, 1.165) is 12.8 Å². The Morgan fingerprint density at radius 3 is 2.88 bits per heavy atom. The van der Waals surface area contributed by atoms with Gasteiger partial charge in [-0.25, -0.2) is 9.18 Å². The minimum absolute atomic E-state index is 0.0624. The number of aliphatic hydroxyl groups excluding tert-OH is 1. The van der Waals surface area contributed by atoms with Gasteiger partial charge in [0.25, 0.3) is 0 Å². The van der Waals surface area contributed by atoms with E-state index in [2.05, 4.69) is 5.32 Å². The van der Waals surface area contributed by atoms with Gasteiger partial charge in [-0.15, -0.1) is 0 Å². The largest absolute Gasteiger partial charge is 0.395 e. The maximum absolute atomic E-state index is 12.9. The van der Waals surface area contributed by atoms with Crippen molar-refractivity contribution in [1.29, 1.82) is 0 Å². The van der Waals surface area contributed by atoms with Crippen molar-refractivity contribution in [3.63, 3.8) is 0 Å². The standard InChI is InChI=1S/C12H15FN2O2/c13-9-2-1-3-10(8-9)14-12(17)15(6-7-16)11-4-5-11/h1-3,8,11,16H,4-7H2,(H,14,17). The molecule has 92 valence electrons. The number of aliphatic hydroxyl groups is 1. The minimum Gasteiger partial charge on any atom is -0.395 e. The molecule has 2 rings (SSSR count). The van der Waals surface area contributed by atoms with Gasteiger partial charge in [0.1, 0.15) is 5.82 Å². The molecule has 0 bridgehead atoms. The highest BCUT2D eigenvalue weighted by molar-refractivity contribution is 5.89. The fourth-order valence-electron chi connectivity index (χ4n) is 1.71. The van der Waals surface area contributed by atoms with Crippen LogP contribution in [0.3, 0.4) is 0 Å². The Morgan fingerprint density at radius 1 is 1.53 bits per heavy atom. The first-order valence-electron chi connectivity index (χ1n) is 5.65. The van der Waals surface area contributed by atoms with Crippen molar-refractivity contribution in [2.75, 3.05) is 18.5 Å². The second kappa shape index (κ2) is 5.14. The van der Waals surface area contributed by atoms with Crippen LogP contribution in [0.4, 0.5) is 14.9 Å². The summed E-state index contributed by atoms with van der Waals surface area (Å²) in [6.07, 6.45) is 1.94. The number of carbonyl (C=O) groups is 1. The molecule has 1 fully saturated rings. The van der Waals surface area contributed by atoms with Crippen molar-refractivity contribution in [3.8, 4) is 0 Å². The molecular weight excluding hydrogens is 223 g/mol. The number of hydrogen-bond donors (Lipinski definition) is 2. The van der Waals surface area contributed by atoms with Crippen molar-refractivity contribution in [2.24, 2.45) is 0 Å². The predicted octanol–water partition coefficient (Wildman–Crippen LogP) is 1.81. The molecule has 4 nitrogen and oxygen atoms in total. The zero-order valence-electron chi connectivity index (χ0n) is 9.40. The van der Waals surface area contributed by atoms with Crippen LogP contribution >= 0.6 is 0 Å². The molecule has 1 aromatic carbocycles. The van der Waals surface area contributed by atoms with Gasteiger partial charge in [0.05, 0.1) is 6.61 Å². The van der Waals surface area contributed by atoms with E-state index < -0.39 is 0 Å². The molecule has 0 spiro atoms. The number of nitrogens with one attached hydrogen (secondary N) is 1. The molecule has 1 aliphatic rings. The van der Waals surface area contributed by atoms with Crippen LogP contribution in [0.15, 0.2) is 24.3 Å². The molecule has 2 amide bonds. The van der Waals surface area contributed by atoms with Crippen LogP contribution in [0.25, 0.3) is 0 Å². The van der Waals surface area contributed by atoms with Gasteiger partial charge < -0.3 is 15.3 Å². The molecule has 0 saturated heterocycles. The SMILES string of the molecule is O=C(Nc1cccc(F)c1)N(CCO)C1CC1. The normalized spacial score (nSPS) is 14.5. The van der Waals surface area contributed by atoms with Crippen molar-refractivity contribution in [1.82, 2.24) is 4.90 Å². The molecule has 0 aliphatic heterocycles. The van der Waals surface area contributed by atoms with Gasteiger partial charge in [-0.3, -0.25) is 0 Å². The van der Waals surface area contributed by atoms with E-state index in [-0.39, 0.29) is 24.5 Å². The summed E-state index contributed by atoms with van der Waals surface area (Å²) in [6.45, 7) is 0.249. The van der Waals surface area contributed by atoms with E-state index in [0.29, 0.717) is 12.2 Å². The first kappa shape index (κ1) is 11.9. The molecular formula is C12H15FN2O2. The van der Waals surface area contributed by atoms with E-state index in [1.165, 1.54) is 12.1 Å². The molecule has 0 radical (unpaired) electrons. The summed E-state index contributed by atoms with van der Waals surface area (Å²) in [6, 6.07) is 5.69. The molecule has 1 aliphatic carbocycles. The Hall–Kier alpha value is -1.62. The van der Waals surface area contributed by atoms with Crippen molar-refractivity contribution < 1.29 is 14.3 Å². The second-order valence-electron chi connectivity index (χ2n) is 4.09. The van der Waals surface area contributed by atoms with Crippen LogP contribution in [-0.2, 0) is 0 Å². The lowest BCUT2D eigenvalue weighted by atomic mass is 10.3. The predicted molar refractivity (Wildman–Crippen MR) is 62.2 cm³/mol. The first-order chi connectivity index (χ1) is 8.20. The van der Waals surface area contributed by atoms with Crippen LogP contribution in [0, 0.1) is 5.82 Å². The van der Waals surface area contributed by atoms with Gasteiger partial charge in [-0.1, -0.05) is 6.07 Å². The summed E-state index contributed by atoms with van der Waals surface area (Å²) in [7, 11) is 0. The number of carbonyl (C=O) groups excluding carboxylic acids is 1. The number of nitrogens with zero attached hydrogens (tertiary/aromatic N) is 1. The van der Waals surface area contributed by atoms with E-state index in [1.54, 1.807) is 17.0 Å². The summed E-state index contributed by atoms with van der Waals surface area (Å²) in [5.74, 6) is -0.386. The highest BCUT2D eigenvalue weighted by Crippen LogP contribution is 2.27. The zero-order chi connectivity index (χ0) is 12.3. The maximum atomic E-state index is 12.9. The second-order valence-corrected chi connectivity index (χ2v) is 4.09. The van der Waals surface area contributed by atoms with Crippen LogP contribution in [0.5, 0.6) is 0 Å². The lowest BCUT2D eigenvalue weighted by Gasteiger charge is -2.21. The number of benzene rings is 1. The van der Waals surface area contributed by atoms with Crippen LogP contribution in [0.2, 0.25) is 0 Å². The molecule has 0 atom stereocenters. The molecule has 5 heteroatoms. The monoisotopic (exact) mass is 238 g/mol. The van der Waals surface area contributed by atoms with Gasteiger partial charge >= 0.3 is 6.03 Å². The maximum Gasteiger partial charge on any atom is 0.322 e. The third-order valence-electron chi connectivity index (χ3n) is 2.67. The molecule has 0 aromatic heterocycles. The average molecular weight is 238 g/mol. The van der Waals surface area contributed by atoms with Crippen LogP contribution in [-0.4, -0.2) is 35.2 Å². The van der Waals surface area contributed by atoms with Gasteiger partial charge in [-0.05, 0) is 31.0 Å². The fourth-order valence-corrected chi connectivity index (χ4v) is 1.71. The highest BCUT2D eigenvalue weighted by Gasteiger charge is 2.32. The Morgan fingerprint density at radius 2 is 2.29 bits per heavy atom. The van der Waals surface area contributed by atoms with E-state index in [9.17, 15) is 9.18 Å². The zero-order valence-corrected chi connectivity index (χ0v) is 9.40. The third-order valence-corrected chi connectivity index (χ3v) is 2.67. The Balaban J connectivity index is 1.99. The topological polar surface area (TPSA) is 52.6 Å². The summed E-state index contributed by atoms with van der Waals surface area (Å²) in [4.78, 5) is 13.5. The molecule has 0 unspecified atom stereocenters. The van der Waals surface area contributed by atoms with E-state index in [1.807, 2.05) is 0 Å². The summed E-state index contributed by atoms with van der Waals surface area (Å²) >= 11 is 0. The van der Waals surface area contributed by atoms with Crippen molar-refractivity contribution >= 4 is 11.7 Å². The Kier molecular flexibility index (Phi) is 3.58. The molecule has 1 saturated carbocycles. The van der Waals surface area contributed by atoms with E-state index >= 15 is 0 Å². The summed E-state index contributed by atoms with van der Waals surface area (Å²) < 4.78 is 12.9. The number of amides is 2. The third kappa shape index (κ3) is 3.17. The molecule has 1 aromatic rings. The lowest BCUT2D eigenvalue weighted by Crippen LogP contribution is -2.38. The summed E-state index contributed by atoms with van der Waals surface area (Å²) in [5.41, 5.74) is 0.429. The Bertz CT molecular complexity index is 407. The quantitative estimate of drug-likeness (QED) is 0.840. The van der Waals surface area contributed by atoms with Crippen LogP contribution < -0.4 is 5.32 Å². The van der Waals surface area contributed by atoms with Gasteiger partial charge in [0, 0.05) is 18.3 Å². The minimum atomic E-state index is -0.386. The number of halogens is 1. The number of rotatable bonds is 4. The fraction of sp³-hybridized carbons (Fsp3) is 0.417. The summed E-state index contributed by atoms with van der Waals surface area (Å²) in [5, 5.41) is 11.5. The van der Waals surface area contributed by atoms with Crippen molar-refractivity contribution in [3.05, 3.63) is 30.1 Å². The van der Waals surface area contributed by atoms with Crippen LogP contribution in [0.1, 0.15) is 12.8 Å².